The van der Waals surface area contributed by atoms with Crippen molar-refractivity contribution in [2.45, 2.75) is 46.6 Å². The normalized spacial score (nSPS) is 12.4. The molecule has 29 heavy (non-hydrogen) atoms. The third-order valence-corrected chi connectivity index (χ3v) is 5.73. The number of nitrogens with zero attached hydrogens (tertiary/aromatic N) is 4. The van der Waals surface area contributed by atoms with Crippen LogP contribution in [0, 0.1) is 5.41 Å². The van der Waals surface area contributed by atoms with Crippen molar-refractivity contribution in [3.05, 3.63) is 55.1 Å². The molecule has 0 atom stereocenters. The molecule has 0 amide bonds. The van der Waals surface area contributed by atoms with Crippen molar-refractivity contribution < 1.29 is 0 Å². The first-order valence-electron chi connectivity index (χ1n) is 9.84. The number of rotatable bonds is 5. The fourth-order valence-corrected chi connectivity index (χ4v) is 4.97. The Bertz CT molecular complexity index is 1120. The quantitative estimate of drug-likeness (QED) is 0.433. The minimum Gasteiger partial charge on any atom is -0.364 e. The summed E-state index contributed by atoms with van der Waals surface area (Å²) in [5.41, 5.74) is 2.90. The van der Waals surface area contributed by atoms with Gasteiger partial charge in [0.15, 0.2) is 5.65 Å². The van der Waals surface area contributed by atoms with Crippen LogP contribution in [0.5, 0.6) is 0 Å². The molecule has 0 aliphatic heterocycles. The molecule has 0 saturated heterocycles. The van der Waals surface area contributed by atoms with Crippen molar-refractivity contribution in [1.29, 1.82) is 0 Å². The summed E-state index contributed by atoms with van der Waals surface area (Å²) in [6.45, 7) is 11.3. The number of fused-ring (bicyclic) bond motifs is 1. The Morgan fingerprint density at radius 2 is 1.79 bits per heavy atom. The Labute approximate surface area is 175 Å². The Morgan fingerprint density at radius 3 is 2.52 bits per heavy atom. The Morgan fingerprint density at radius 1 is 1.00 bits per heavy atom. The van der Waals surface area contributed by atoms with Crippen LogP contribution in [0.3, 0.4) is 0 Å². The molecule has 0 aromatic carbocycles. The highest BCUT2D eigenvalue weighted by Crippen LogP contribution is 2.39. The molecule has 6 heteroatoms. The molecule has 0 aliphatic carbocycles. The highest BCUT2D eigenvalue weighted by Gasteiger charge is 2.28. The summed E-state index contributed by atoms with van der Waals surface area (Å²) >= 11 is 1.71. The smallest absolute Gasteiger partial charge is 0.157 e. The van der Waals surface area contributed by atoms with E-state index in [1.54, 1.807) is 23.7 Å². The van der Waals surface area contributed by atoms with Crippen LogP contribution in [0.25, 0.3) is 26.8 Å². The molecule has 0 saturated carbocycles. The Balaban J connectivity index is 1.77. The number of thiophene rings is 1. The van der Waals surface area contributed by atoms with Gasteiger partial charge in [0, 0.05) is 24.1 Å². The van der Waals surface area contributed by atoms with Gasteiger partial charge in [0.25, 0.3) is 0 Å². The van der Waals surface area contributed by atoms with E-state index in [1.165, 1.54) is 0 Å². The molecule has 150 valence electrons. The van der Waals surface area contributed by atoms with Crippen LogP contribution < -0.4 is 5.32 Å². The van der Waals surface area contributed by atoms with Gasteiger partial charge in [-0.3, -0.25) is 14.4 Å². The number of hydrogen-bond donors (Lipinski definition) is 1. The molecular formula is C23H27N5S. The highest BCUT2D eigenvalue weighted by molar-refractivity contribution is 7.18. The molecule has 5 nitrogen and oxygen atoms in total. The highest BCUT2D eigenvalue weighted by atomic mass is 32.1. The third kappa shape index (κ3) is 4.32. The van der Waals surface area contributed by atoms with E-state index in [2.05, 4.69) is 66.4 Å². The first kappa shape index (κ1) is 19.6. The lowest BCUT2D eigenvalue weighted by Gasteiger charge is -2.34. The standard InChI is InChI=1S/C23H27N5S/c1-22(2,3)15-23(4,5)27-21-20(26-19-14-24-12-13-28(19)21)18-10-9-17(29-18)16-8-6-7-11-25-16/h6-14,27H,15H2,1-5H3. The number of anilines is 1. The topological polar surface area (TPSA) is 55.1 Å². The maximum Gasteiger partial charge on any atom is 0.157 e. The van der Waals surface area contributed by atoms with E-state index in [1.807, 2.05) is 30.6 Å². The van der Waals surface area contributed by atoms with Crippen LogP contribution in [0.2, 0.25) is 0 Å². The molecule has 0 radical (unpaired) electrons. The zero-order valence-corrected chi connectivity index (χ0v) is 18.4. The van der Waals surface area contributed by atoms with Gasteiger partial charge in [-0.2, -0.15) is 0 Å². The molecule has 0 spiro atoms. The van der Waals surface area contributed by atoms with Crippen LogP contribution in [-0.4, -0.2) is 24.9 Å². The van der Waals surface area contributed by atoms with Crippen molar-refractivity contribution >= 4 is 22.8 Å². The van der Waals surface area contributed by atoms with Gasteiger partial charge < -0.3 is 5.32 Å². The lowest BCUT2D eigenvalue weighted by molar-refractivity contribution is 0.302. The van der Waals surface area contributed by atoms with Crippen molar-refractivity contribution in [3.8, 4) is 21.1 Å². The second-order valence-corrected chi connectivity index (χ2v) is 10.3. The number of hydrogen-bond acceptors (Lipinski definition) is 5. The van der Waals surface area contributed by atoms with E-state index in [0.717, 1.165) is 39.0 Å². The van der Waals surface area contributed by atoms with Gasteiger partial charge in [-0.05, 0) is 49.9 Å². The summed E-state index contributed by atoms with van der Waals surface area (Å²) in [6, 6.07) is 10.2. The average Bonchev–Trinajstić information content (AvgIpc) is 3.26. The van der Waals surface area contributed by atoms with Gasteiger partial charge in [0.05, 0.1) is 21.6 Å². The fraction of sp³-hybridized carbons (Fsp3) is 0.348. The second kappa shape index (κ2) is 7.26. The van der Waals surface area contributed by atoms with Crippen LogP contribution >= 0.6 is 11.3 Å². The monoisotopic (exact) mass is 405 g/mol. The molecule has 0 unspecified atom stereocenters. The number of aromatic nitrogens is 4. The molecule has 0 aliphatic rings. The molecule has 4 aromatic rings. The summed E-state index contributed by atoms with van der Waals surface area (Å²) in [6.07, 6.45) is 8.43. The number of nitrogens with one attached hydrogen (secondary N) is 1. The second-order valence-electron chi connectivity index (χ2n) is 9.24. The first-order valence-corrected chi connectivity index (χ1v) is 10.7. The maximum atomic E-state index is 4.90. The van der Waals surface area contributed by atoms with Crippen LogP contribution in [0.1, 0.15) is 41.0 Å². The van der Waals surface area contributed by atoms with Crippen LogP contribution in [0.15, 0.2) is 55.1 Å². The van der Waals surface area contributed by atoms with Gasteiger partial charge in [0.1, 0.15) is 11.5 Å². The first-order chi connectivity index (χ1) is 13.7. The Hall–Kier alpha value is -2.73. The predicted molar refractivity (Wildman–Crippen MR) is 121 cm³/mol. The summed E-state index contributed by atoms with van der Waals surface area (Å²) in [5.74, 6) is 1.01. The van der Waals surface area contributed by atoms with E-state index in [9.17, 15) is 0 Å². The molecule has 1 N–H and O–H groups in total. The predicted octanol–water partition coefficient (Wildman–Crippen LogP) is 6.15. The maximum absolute atomic E-state index is 4.90. The summed E-state index contributed by atoms with van der Waals surface area (Å²) < 4.78 is 2.09. The van der Waals surface area contributed by atoms with Crippen molar-refractivity contribution in [2.75, 3.05) is 5.32 Å². The molecule has 4 aromatic heterocycles. The van der Waals surface area contributed by atoms with E-state index >= 15 is 0 Å². The fourth-order valence-electron chi connectivity index (χ4n) is 4.00. The lowest BCUT2D eigenvalue weighted by Crippen LogP contribution is -2.36. The van der Waals surface area contributed by atoms with Crippen molar-refractivity contribution in [3.63, 3.8) is 0 Å². The summed E-state index contributed by atoms with van der Waals surface area (Å²) in [5, 5.41) is 3.78. The summed E-state index contributed by atoms with van der Waals surface area (Å²) in [4.78, 5) is 15.9. The SMILES string of the molecule is CC(C)(C)CC(C)(C)Nc1c(-c2ccc(-c3ccccn3)s2)nc2cnccn12. The molecule has 4 heterocycles. The zero-order chi connectivity index (χ0) is 20.6. The van der Waals surface area contributed by atoms with Gasteiger partial charge in [0.2, 0.25) is 0 Å². The lowest BCUT2D eigenvalue weighted by atomic mass is 9.82. The van der Waals surface area contributed by atoms with Crippen molar-refractivity contribution in [1.82, 2.24) is 19.4 Å². The van der Waals surface area contributed by atoms with E-state index in [4.69, 9.17) is 4.98 Å². The van der Waals surface area contributed by atoms with E-state index in [-0.39, 0.29) is 11.0 Å². The average molecular weight is 406 g/mol. The number of imidazole rings is 1. The van der Waals surface area contributed by atoms with E-state index < -0.39 is 0 Å². The third-order valence-electron chi connectivity index (χ3n) is 4.62. The van der Waals surface area contributed by atoms with Gasteiger partial charge in [-0.25, -0.2) is 4.98 Å². The Kier molecular flexibility index (Phi) is 4.90. The van der Waals surface area contributed by atoms with Gasteiger partial charge >= 0.3 is 0 Å². The summed E-state index contributed by atoms with van der Waals surface area (Å²) in [7, 11) is 0. The minimum absolute atomic E-state index is 0.0900. The van der Waals surface area contributed by atoms with Crippen LogP contribution in [-0.2, 0) is 0 Å². The van der Waals surface area contributed by atoms with Crippen molar-refractivity contribution in [2.24, 2.45) is 5.41 Å². The molecule has 0 bridgehead atoms. The molecule has 4 rings (SSSR count). The largest absolute Gasteiger partial charge is 0.364 e. The number of pyridine rings is 1. The van der Waals surface area contributed by atoms with Crippen LogP contribution in [0.4, 0.5) is 5.82 Å². The zero-order valence-electron chi connectivity index (χ0n) is 17.6. The minimum atomic E-state index is -0.0900. The molecule has 0 fully saturated rings. The molecular weight excluding hydrogens is 378 g/mol. The van der Waals surface area contributed by atoms with Gasteiger partial charge in [-0.1, -0.05) is 26.8 Å². The van der Waals surface area contributed by atoms with Gasteiger partial charge in [-0.15, -0.1) is 11.3 Å². The van der Waals surface area contributed by atoms with E-state index in [0.29, 0.717) is 0 Å².